The molecule has 110 heavy (non-hydrogen) atoms. The number of fused-ring (bicyclic) bond motifs is 2. The molecule has 4 N–H and O–H groups in total. The van der Waals surface area contributed by atoms with Crippen molar-refractivity contribution in [2.75, 3.05) is 6.16 Å². The third-order valence-corrected chi connectivity index (χ3v) is 42.3. The topological polar surface area (TPSA) is 152 Å². The van der Waals surface area contributed by atoms with Crippen molar-refractivity contribution in [1.29, 1.82) is 0 Å². The zero-order valence-electron chi connectivity index (χ0n) is 75.3. The first-order chi connectivity index (χ1) is 49.7. The number of rotatable bonds is 31. The monoisotopic (exact) mass is 1620 g/mol. The van der Waals surface area contributed by atoms with Crippen molar-refractivity contribution in [3.63, 3.8) is 0 Å². The van der Waals surface area contributed by atoms with Crippen LogP contribution >= 0.6 is 7.14 Å². The summed E-state index contributed by atoms with van der Waals surface area (Å²) in [5.41, 5.74) is 3.69. The molecule has 0 radical (unpaired) electrons. The van der Waals surface area contributed by atoms with E-state index in [0.29, 0.717) is 54.9 Å². The average molecular weight is 1620 g/mol. The number of allylic oxidation sites excluding steroid dienone is 4. The van der Waals surface area contributed by atoms with Crippen LogP contribution in [0.5, 0.6) is 0 Å². The number of carbonyl (C=O) groups is 1. The van der Waals surface area contributed by atoms with Gasteiger partial charge in [-0.25, -0.2) is 0 Å². The van der Waals surface area contributed by atoms with E-state index in [0.717, 1.165) is 107 Å². The molecule has 10 atom stereocenters. The van der Waals surface area contributed by atoms with E-state index in [1.165, 1.54) is 75.4 Å². The van der Waals surface area contributed by atoms with Crippen LogP contribution in [0.4, 0.5) is 0 Å². The molecule has 0 amide bonds. The van der Waals surface area contributed by atoms with Crippen molar-refractivity contribution in [2.45, 2.75) is 434 Å². The maximum Gasteiger partial charge on any atom is 0.192 e. The molecule has 6 unspecified atom stereocenters. The molecule has 0 heterocycles. The molecule has 10 nitrogen and oxygen atoms in total. The number of carbonyl (C=O) groups excluding carboxylic acids is 1. The Morgan fingerprint density at radius 3 is 1.24 bits per heavy atom. The highest BCUT2D eigenvalue weighted by molar-refractivity contribution is 7.78. The summed E-state index contributed by atoms with van der Waals surface area (Å²) in [4.78, 5) is 12.9. The predicted octanol–water partition coefficient (Wildman–Crippen LogP) is 25.8. The van der Waals surface area contributed by atoms with Gasteiger partial charge in [-0.1, -0.05) is 198 Å². The number of ketones is 1. The van der Waals surface area contributed by atoms with Gasteiger partial charge >= 0.3 is 0 Å². The van der Waals surface area contributed by atoms with Gasteiger partial charge in [0.2, 0.25) is 0 Å². The smallest absolute Gasteiger partial charge is 0.192 e. The van der Waals surface area contributed by atoms with E-state index in [4.69, 9.17) is 17.7 Å². The lowest BCUT2D eigenvalue weighted by Crippen LogP contribution is -2.48. The fourth-order valence-corrected chi connectivity index (χ4v) is 29.8. The summed E-state index contributed by atoms with van der Waals surface area (Å²) in [7, 11) is -9.82. The highest BCUT2D eigenvalue weighted by Gasteiger charge is 2.58. The van der Waals surface area contributed by atoms with E-state index < -0.39 is 63.8 Å². The van der Waals surface area contributed by atoms with Crippen LogP contribution in [0.15, 0.2) is 95.6 Å². The summed E-state index contributed by atoms with van der Waals surface area (Å²) < 4.78 is 41.7. The van der Waals surface area contributed by atoms with Gasteiger partial charge in [0, 0.05) is 29.1 Å². The van der Waals surface area contributed by atoms with E-state index in [-0.39, 0.29) is 62.6 Å². The second-order valence-corrected chi connectivity index (χ2v) is 65.7. The molecule has 2 aromatic rings. The number of benzene rings is 2. The van der Waals surface area contributed by atoms with E-state index in [9.17, 15) is 29.8 Å². The number of hydrogen-bond donors (Lipinski definition) is 4. The Balaban J connectivity index is 0.000000294. The zero-order valence-corrected chi connectivity index (χ0v) is 80.2. The quantitative estimate of drug-likeness (QED) is 0.0326. The van der Waals surface area contributed by atoms with Crippen LogP contribution < -0.4 is 10.6 Å². The van der Waals surface area contributed by atoms with Gasteiger partial charge in [0.25, 0.3) is 0 Å². The van der Waals surface area contributed by atoms with Gasteiger partial charge in [0.15, 0.2) is 33.3 Å². The number of aliphatic hydroxyl groups excluding tert-OH is 2. The van der Waals surface area contributed by atoms with Gasteiger partial charge in [-0.2, -0.15) is 0 Å². The first-order valence-corrected chi connectivity index (χ1v) is 58.1. The van der Waals surface area contributed by atoms with Gasteiger partial charge in [-0.15, -0.1) is 0 Å². The maximum atomic E-state index is 14.6. The first kappa shape index (κ1) is 98.7. The van der Waals surface area contributed by atoms with Crippen LogP contribution in [0.2, 0.25) is 75.5 Å². The second-order valence-electron chi connectivity index (χ2n) is 44.5. The van der Waals surface area contributed by atoms with Gasteiger partial charge in [0.05, 0.1) is 46.8 Å². The highest BCUT2D eigenvalue weighted by Crippen LogP contribution is 2.65. The molecule has 6 aliphatic carbocycles. The first-order valence-electron chi connectivity index (χ1n) is 43.6. The summed E-state index contributed by atoms with van der Waals surface area (Å²) in [5.74, 6) is 2.76. The molecule has 8 rings (SSSR count). The van der Waals surface area contributed by atoms with Crippen LogP contribution in [0.3, 0.4) is 0 Å². The second kappa shape index (κ2) is 38.9. The summed E-state index contributed by atoms with van der Waals surface area (Å²) in [6, 6.07) is 20.0. The van der Waals surface area contributed by atoms with Crippen LogP contribution in [-0.4, -0.2) is 112 Å². The Morgan fingerprint density at radius 2 is 0.855 bits per heavy atom. The molecule has 0 bridgehead atoms. The molecule has 6 saturated carbocycles. The lowest BCUT2D eigenvalue weighted by Gasteiger charge is -2.50. The van der Waals surface area contributed by atoms with Gasteiger partial charge in [-0.3, -0.25) is 4.79 Å². The third-order valence-electron chi connectivity index (χ3n) is 27.9. The Bertz CT molecular complexity index is 3170. The minimum Gasteiger partial charge on any atom is -0.414 e. The van der Waals surface area contributed by atoms with E-state index in [1.807, 2.05) is 88.4 Å². The van der Waals surface area contributed by atoms with Crippen molar-refractivity contribution in [2.24, 2.45) is 45.3 Å². The Hall–Kier alpha value is -1.89. The molecular weight excluding hydrogens is 1440 g/mol. The van der Waals surface area contributed by atoms with E-state index in [1.54, 1.807) is 5.57 Å². The van der Waals surface area contributed by atoms with Crippen molar-refractivity contribution >= 4 is 56.8 Å². The highest BCUT2D eigenvalue weighted by atomic mass is 31.2. The van der Waals surface area contributed by atoms with E-state index >= 15 is 0 Å². The minimum atomic E-state index is -2.81. The third kappa shape index (κ3) is 29.0. The number of hydrogen-bond acceptors (Lipinski definition) is 10. The molecule has 632 valence electrons. The Kier molecular flexibility index (Phi) is 34.9. The summed E-state index contributed by atoms with van der Waals surface area (Å²) in [6.07, 6.45) is 36.2. The van der Waals surface area contributed by atoms with E-state index in [2.05, 4.69) is 181 Å². The summed E-state index contributed by atoms with van der Waals surface area (Å²) >= 11 is 0. The Labute approximate surface area is 681 Å². The van der Waals surface area contributed by atoms with Crippen molar-refractivity contribution in [3.8, 4) is 0 Å². The standard InChI is InChI=1S/C32H56O4.C32H51O3PSi2.C30H60O3Si2.CH4/c1-29(2,35)15-8-17-31(5,18-9-16-30(3,4)36)28-14-13-27-24(10-7-19-32(27,28)6)12-11-23-20-25(33)22-26(34)21-23;1-31(2,3)37(7,8)34-27-23-26(24-28(25-27)35-38(9,10)32(4,5)6)21-22-36(33,29-17-13-11-14-18-29)30-19-15-12-16-20-30;1-27(2,32-34(7,8)9)19-14-21-29(5,22-15-20-28(3,4)33-35(10,11)12)26-18-17-24-25(31)16-13-23-30(24,26)6;/h11-12,25-28,33-36H,7-10,13-22H2,1-6H3;11-21,27-28H,22-25H2,1-10H3;24,26H,13-23H2,1-12H3;1H4/b23-11?,24-12+;;;/t25-,26?,27?,28?,32+;27-,28?;24?,26?,30-;/m110./s1. The number of Topliss-reactive ketones (excluding diaryl/α,β-unsaturated/α-hetero) is 1. The SMILES string of the molecule is C.CC(C)(C)[Si](C)(C)OC1CC(=CCP(=O)(c2ccccc2)c2ccccc2)C[C@@H](O[Si](C)(C)C(C)(C)C)C1.CC(C)(CCCC(C)(CCCC(C)(C)O[Si](C)(C)C)C1CCC2C(=O)CCC[C@@]21C)O[Si](C)(C)C.CC(C)(O)CCCC(C)(CCCC(C)(C)O)C1CCC2/C(=C/C=C3CC(O)C[C@H](O)C3)CCC[C@@]21C. The molecular formula is C95H171O10PSi4. The summed E-state index contributed by atoms with van der Waals surface area (Å²) in [6.45, 7) is 63.9. The molecule has 6 fully saturated rings. The normalized spacial score (nSPS) is 27.1. The van der Waals surface area contributed by atoms with Gasteiger partial charge < -0.3 is 42.7 Å². The van der Waals surface area contributed by atoms with Crippen molar-refractivity contribution in [3.05, 3.63) is 95.6 Å². The van der Waals surface area contributed by atoms with Crippen LogP contribution in [0.25, 0.3) is 0 Å². The molecule has 0 spiro atoms. The number of aliphatic hydroxyl groups is 4. The summed E-state index contributed by atoms with van der Waals surface area (Å²) in [5, 5.41) is 43.0. The maximum absolute atomic E-state index is 14.6. The predicted molar refractivity (Wildman–Crippen MR) is 482 cm³/mol. The lowest BCUT2D eigenvalue weighted by atomic mass is 9.55. The lowest BCUT2D eigenvalue weighted by molar-refractivity contribution is -0.131. The largest absolute Gasteiger partial charge is 0.414 e. The van der Waals surface area contributed by atoms with Gasteiger partial charge in [-0.05, 0) is 318 Å². The molecule has 0 aromatic heterocycles. The molecule has 0 saturated heterocycles. The fourth-order valence-electron chi connectivity index (χ4n) is 21.0. The Morgan fingerprint density at radius 1 is 0.482 bits per heavy atom. The van der Waals surface area contributed by atoms with Crippen molar-refractivity contribution < 1.29 is 47.5 Å². The zero-order chi connectivity index (χ0) is 82.1. The molecule has 0 aliphatic heterocycles. The average Bonchev–Trinajstić information content (AvgIpc) is 1.59. The minimum absolute atomic E-state index is 0. The van der Waals surface area contributed by atoms with Crippen LogP contribution in [-0.2, 0) is 27.1 Å². The van der Waals surface area contributed by atoms with Crippen LogP contribution in [0, 0.1) is 45.3 Å². The molecule has 6 aliphatic rings. The molecule has 2 aromatic carbocycles. The van der Waals surface area contributed by atoms with Gasteiger partial charge in [0.1, 0.15) is 12.9 Å². The fraction of sp³-hybridized carbons (Fsp3) is 0.800. The van der Waals surface area contributed by atoms with Crippen molar-refractivity contribution in [1.82, 2.24) is 0 Å². The van der Waals surface area contributed by atoms with Crippen LogP contribution in [0.1, 0.15) is 312 Å². The molecule has 15 heteroatoms.